The Balaban J connectivity index is 1.81. The summed E-state index contributed by atoms with van der Waals surface area (Å²) in [6.45, 7) is 1.46. The highest BCUT2D eigenvalue weighted by Gasteiger charge is 2.27. The van der Waals surface area contributed by atoms with Crippen LogP contribution in [-0.4, -0.2) is 32.1 Å². The highest BCUT2D eigenvalue weighted by Crippen LogP contribution is 2.27. The molecule has 1 heterocycles. The monoisotopic (exact) mass is 259 g/mol. The van der Waals surface area contributed by atoms with Crippen LogP contribution in [-0.2, 0) is 4.74 Å². The van der Waals surface area contributed by atoms with Gasteiger partial charge in [0.2, 0.25) is 0 Å². The highest BCUT2D eigenvalue weighted by atomic mass is 16.5. The van der Waals surface area contributed by atoms with Gasteiger partial charge in [-0.2, -0.15) is 0 Å². The quantitative estimate of drug-likeness (QED) is 0.671. The van der Waals surface area contributed by atoms with Gasteiger partial charge in [0.25, 0.3) is 0 Å². The maximum atomic E-state index is 5.76. The minimum atomic E-state index is -0.0900. The molecule has 0 aromatic heterocycles. The van der Waals surface area contributed by atoms with Crippen molar-refractivity contribution in [1.29, 1.82) is 0 Å². The van der Waals surface area contributed by atoms with Crippen LogP contribution in [0.25, 0.3) is 0 Å². The van der Waals surface area contributed by atoms with E-state index in [1.807, 2.05) is 42.6 Å². The Bertz CT molecular complexity index is 414. The van der Waals surface area contributed by atoms with Crippen molar-refractivity contribution in [2.45, 2.75) is 24.8 Å². The highest BCUT2D eigenvalue weighted by molar-refractivity contribution is 5.75. The molecule has 0 radical (unpaired) electrons. The van der Waals surface area contributed by atoms with Gasteiger partial charge in [-0.25, -0.2) is 0 Å². The molecule has 0 aliphatic carbocycles. The van der Waals surface area contributed by atoms with Crippen LogP contribution in [0.1, 0.15) is 19.3 Å². The average molecular weight is 259 g/mol. The first-order valence-electron chi connectivity index (χ1n) is 6.74. The smallest absolute Gasteiger partial charge is 0.119 e. The SMILES string of the molecule is COCCCC1(CCOc2ccccc2)C=CC=N1. The van der Waals surface area contributed by atoms with Crippen LogP contribution in [0.4, 0.5) is 0 Å². The van der Waals surface area contributed by atoms with E-state index >= 15 is 0 Å². The summed E-state index contributed by atoms with van der Waals surface area (Å²) in [5.41, 5.74) is -0.0900. The molecule has 3 nitrogen and oxygen atoms in total. The van der Waals surface area contributed by atoms with Crippen molar-refractivity contribution in [3.8, 4) is 5.75 Å². The first-order valence-corrected chi connectivity index (χ1v) is 6.74. The molecule has 0 amide bonds. The molecule has 1 aliphatic rings. The van der Waals surface area contributed by atoms with Crippen molar-refractivity contribution >= 4 is 6.21 Å². The molecular formula is C16H21NO2. The normalized spacial score (nSPS) is 20.9. The van der Waals surface area contributed by atoms with Crippen molar-refractivity contribution in [3.63, 3.8) is 0 Å². The lowest BCUT2D eigenvalue weighted by Gasteiger charge is -2.24. The van der Waals surface area contributed by atoms with E-state index in [1.54, 1.807) is 7.11 Å². The number of ether oxygens (including phenoxy) is 2. The molecular weight excluding hydrogens is 238 g/mol. The Labute approximate surface area is 115 Å². The summed E-state index contributed by atoms with van der Waals surface area (Å²) in [7, 11) is 1.74. The van der Waals surface area contributed by atoms with Gasteiger partial charge in [-0.3, -0.25) is 4.99 Å². The van der Waals surface area contributed by atoms with E-state index in [9.17, 15) is 0 Å². The van der Waals surface area contributed by atoms with Gasteiger partial charge in [0, 0.05) is 26.4 Å². The van der Waals surface area contributed by atoms with Gasteiger partial charge in [0.1, 0.15) is 5.75 Å². The molecule has 0 N–H and O–H groups in total. The molecule has 102 valence electrons. The van der Waals surface area contributed by atoms with Crippen LogP contribution in [0.3, 0.4) is 0 Å². The fourth-order valence-electron chi connectivity index (χ4n) is 2.26. The van der Waals surface area contributed by atoms with Crippen LogP contribution in [0.2, 0.25) is 0 Å². The van der Waals surface area contributed by atoms with Gasteiger partial charge in [-0.1, -0.05) is 24.3 Å². The number of allylic oxidation sites excluding steroid dienone is 1. The van der Waals surface area contributed by atoms with Crippen molar-refractivity contribution in [2.24, 2.45) is 4.99 Å². The third-order valence-corrected chi connectivity index (χ3v) is 3.33. The van der Waals surface area contributed by atoms with Crippen molar-refractivity contribution in [1.82, 2.24) is 0 Å². The van der Waals surface area contributed by atoms with E-state index in [0.717, 1.165) is 31.6 Å². The summed E-state index contributed by atoms with van der Waals surface area (Å²) in [5.74, 6) is 0.917. The van der Waals surface area contributed by atoms with Gasteiger partial charge < -0.3 is 9.47 Å². The lowest BCUT2D eigenvalue weighted by atomic mass is 9.91. The fraction of sp³-hybridized carbons (Fsp3) is 0.438. The van der Waals surface area contributed by atoms with Crippen LogP contribution >= 0.6 is 0 Å². The maximum Gasteiger partial charge on any atom is 0.119 e. The Morgan fingerprint density at radius 3 is 2.63 bits per heavy atom. The summed E-state index contributed by atoms with van der Waals surface area (Å²) in [6.07, 6.45) is 9.01. The topological polar surface area (TPSA) is 30.8 Å². The summed E-state index contributed by atoms with van der Waals surface area (Å²) >= 11 is 0. The average Bonchev–Trinajstić information content (AvgIpc) is 2.89. The molecule has 1 aromatic carbocycles. The molecule has 0 bridgehead atoms. The number of rotatable bonds is 8. The van der Waals surface area contributed by atoms with Crippen LogP contribution in [0.15, 0.2) is 47.5 Å². The van der Waals surface area contributed by atoms with Gasteiger partial charge in [0.15, 0.2) is 0 Å². The molecule has 0 spiro atoms. The molecule has 3 heteroatoms. The summed E-state index contributed by atoms with van der Waals surface area (Å²) in [4.78, 5) is 4.60. The standard InChI is InChI=1S/C16H21NO2/c1-18-13-6-10-16(9-5-12-17-16)11-14-19-15-7-3-2-4-8-15/h2-5,7-9,12H,6,10-11,13-14H2,1H3. The van der Waals surface area contributed by atoms with Gasteiger partial charge >= 0.3 is 0 Å². The predicted molar refractivity (Wildman–Crippen MR) is 78.0 cm³/mol. The van der Waals surface area contributed by atoms with E-state index in [2.05, 4.69) is 11.1 Å². The molecule has 1 aromatic rings. The van der Waals surface area contributed by atoms with E-state index < -0.39 is 0 Å². The second-order valence-corrected chi connectivity index (χ2v) is 4.75. The number of aliphatic imine (C=N–C) groups is 1. The summed E-state index contributed by atoms with van der Waals surface area (Å²) < 4.78 is 10.9. The number of benzene rings is 1. The van der Waals surface area contributed by atoms with E-state index in [4.69, 9.17) is 9.47 Å². The molecule has 1 aliphatic heterocycles. The predicted octanol–water partition coefficient (Wildman–Crippen LogP) is 3.26. The molecule has 19 heavy (non-hydrogen) atoms. The van der Waals surface area contributed by atoms with Crippen molar-refractivity contribution in [2.75, 3.05) is 20.3 Å². The van der Waals surface area contributed by atoms with Crippen LogP contribution < -0.4 is 4.74 Å². The van der Waals surface area contributed by atoms with Gasteiger partial charge in [-0.05, 0) is 31.1 Å². The van der Waals surface area contributed by atoms with E-state index in [-0.39, 0.29) is 5.54 Å². The lowest BCUT2D eigenvalue weighted by molar-refractivity contribution is 0.183. The number of para-hydroxylation sites is 1. The fourth-order valence-corrected chi connectivity index (χ4v) is 2.26. The van der Waals surface area contributed by atoms with Crippen LogP contribution in [0, 0.1) is 0 Å². The zero-order chi connectivity index (χ0) is 13.4. The lowest BCUT2D eigenvalue weighted by Crippen LogP contribution is -2.25. The third-order valence-electron chi connectivity index (χ3n) is 3.33. The second kappa shape index (κ2) is 7.10. The molecule has 0 saturated heterocycles. The number of hydrogen-bond donors (Lipinski definition) is 0. The van der Waals surface area contributed by atoms with Crippen molar-refractivity contribution < 1.29 is 9.47 Å². The molecule has 0 saturated carbocycles. The zero-order valence-electron chi connectivity index (χ0n) is 11.4. The van der Waals surface area contributed by atoms with E-state index in [1.165, 1.54) is 0 Å². The first-order chi connectivity index (χ1) is 9.35. The Kier molecular flexibility index (Phi) is 5.16. The Hall–Kier alpha value is -1.61. The minimum Gasteiger partial charge on any atom is -0.493 e. The number of hydrogen-bond acceptors (Lipinski definition) is 3. The summed E-state index contributed by atoms with van der Waals surface area (Å²) in [5, 5.41) is 0. The summed E-state index contributed by atoms with van der Waals surface area (Å²) in [6, 6.07) is 9.91. The van der Waals surface area contributed by atoms with E-state index in [0.29, 0.717) is 6.61 Å². The second-order valence-electron chi connectivity index (χ2n) is 4.75. The minimum absolute atomic E-state index is 0.0900. The molecule has 0 fully saturated rings. The number of methoxy groups -OCH3 is 1. The first kappa shape index (κ1) is 13.8. The van der Waals surface area contributed by atoms with Gasteiger partial charge in [0.05, 0.1) is 12.1 Å². The molecule has 1 unspecified atom stereocenters. The van der Waals surface area contributed by atoms with Gasteiger partial charge in [-0.15, -0.1) is 0 Å². The Morgan fingerprint density at radius 2 is 1.95 bits per heavy atom. The molecule has 2 rings (SSSR count). The number of nitrogens with zero attached hydrogens (tertiary/aromatic N) is 1. The third kappa shape index (κ3) is 4.21. The largest absolute Gasteiger partial charge is 0.493 e. The zero-order valence-corrected chi connectivity index (χ0v) is 11.4. The molecule has 1 atom stereocenters. The maximum absolute atomic E-state index is 5.76. The van der Waals surface area contributed by atoms with Crippen LogP contribution in [0.5, 0.6) is 5.75 Å². The van der Waals surface area contributed by atoms with Crippen molar-refractivity contribution in [3.05, 3.63) is 42.5 Å². The Morgan fingerprint density at radius 1 is 1.11 bits per heavy atom.